The molecule has 62 valence electrons. The number of imidazole rings is 1. The van der Waals surface area contributed by atoms with E-state index in [0.29, 0.717) is 9.97 Å². The molecule has 0 aliphatic heterocycles. The van der Waals surface area contributed by atoms with E-state index < -0.39 is 0 Å². The van der Waals surface area contributed by atoms with Crippen LogP contribution in [0.15, 0.2) is 12.4 Å². The first-order chi connectivity index (χ1) is 5.13. The van der Waals surface area contributed by atoms with Gasteiger partial charge in [-0.05, 0) is 20.8 Å². The van der Waals surface area contributed by atoms with E-state index in [0.717, 1.165) is 0 Å². The van der Waals surface area contributed by atoms with Crippen molar-refractivity contribution in [2.75, 3.05) is 0 Å². The molecule has 0 aliphatic carbocycles. The average Bonchev–Trinajstić information content (AvgIpc) is 2.32. The highest BCUT2D eigenvalue weighted by Crippen LogP contribution is 2.22. The topological polar surface area (TPSA) is 17.8 Å². The van der Waals surface area contributed by atoms with Crippen molar-refractivity contribution in [1.29, 1.82) is 0 Å². The number of rotatable bonds is 2. The van der Waals surface area contributed by atoms with Crippen LogP contribution in [0.5, 0.6) is 0 Å². The summed E-state index contributed by atoms with van der Waals surface area (Å²) in [7, 11) is 0. The SMILES string of the molecule is CC(I)c1nccn1C(C)C. The maximum atomic E-state index is 4.29. The molecule has 0 spiro atoms. The first kappa shape index (κ1) is 9.03. The molecule has 0 radical (unpaired) electrons. The Balaban J connectivity index is 2.96. The predicted molar refractivity (Wildman–Crippen MR) is 55.0 cm³/mol. The number of nitrogens with zero attached hydrogens (tertiary/aromatic N) is 2. The Morgan fingerprint density at radius 3 is 2.45 bits per heavy atom. The first-order valence-corrected chi connectivity index (χ1v) is 5.04. The van der Waals surface area contributed by atoms with Gasteiger partial charge in [-0.3, -0.25) is 0 Å². The predicted octanol–water partition coefficient (Wildman–Crippen LogP) is 2.96. The molecule has 1 unspecified atom stereocenters. The van der Waals surface area contributed by atoms with E-state index in [1.807, 2.05) is 12.4 Å². The van der Waals surface area contributed by atoms with Crippen molar-refractivity contribution in [1.82, 2.24) is 9.55 Å². The van der Waals surface area contributed by atoms with Crippen LogP contribution >= 0.6 is 22.6 Å². The molecule has 0 amide bonds. The van der Waals surface area contributed by atoms with Gasteiger partial charge in [0.1, 0.15) is 5.82 Å². The average molecular weight is 264 g/mol. The molecule has 1 rings (SSSR count). The molecule has 0 saturated carbocycles. The summed E-state index contributed by atoms with van der Waals surface area (Å²) in [6, 6.07) is 0.518. The van der Waals surface area contributed by atoms with Crippen molar-refractivity contribution >= 4 is 22.6 Å². The summed E-state index contributed by atoms with van der Waals surface area (Å²) in [5.41, 5.74) is 0. The van der Waals surface area contributed by atoms with Crippen LogP contribution in [0.2, 0.25) is 0 Å². The zero-order valence-corrected chi connectivity index (χ0v) is 9.24. The molecule has 0 aromatic carbocycles. The second-order valence-electron chi connectivity index (χ2n) is 2.90. The standard InChI is InChI=1S/C8H13IN2/c1-6(2)11-5-4-10-8(11)7(3)9/h4-7H,1-3H3. The van der Waals surface area contributed by atoms with E-state index in [2.05, 4.69) is 52.9 Å². The Kier molecular flexibility index (Phi) is 2.92. The van der Waals surface area contributed by atoms with Crippen molar-refractivity contribution in [3.8, 4) is 0 Å². The van der Waals surface area contributed by atoms with E-state index in [-0.39, 0.29) is 0 Å². The molecule has 0 aliphatic rings. The highest BCUT2D eigenvalue weighted by molar-refractivity contribution is 14.1. The monoisotopic (exact) mass is 264 g/mol. The highest BCUT2D eigenvalue weighted by Gasteiger charge is 2.09. The lowest BCUT2D eigenvalue weighted by Gasteiger charge is -2.12. The molecule has 0 fully saturated rings. The third-order valence-electron chi connectivity index (χ3n) is 1.61. The van der Waals surface area contributed by atoms with Crippen LogP contribution in [0.25, 0.3) is 0 Å². The maximum absolute atomic E-state index is 4.29. The normalized spacial score (nSPS) is 13.9. The van der Waals surface area contributed by atoms with Gasteiger partial charge in [0, 0.05) is 18.4 Å². The largest absolute Gasteiger partial charge is 0.332 e. The lowest BCUT2D eigenvalue weighted by molar-refractivity contribution is 0.572. The number of hydrogen-bond acceptors (Lipinski definition) is 1. The summed E-state index contributed by atoms with van der Waals surface area (Å²) < 4.78 is 2.70. The minimum absolute atomic E-state index is 0.491. The summed E-state index contributed by atoms with van der Waals surface area (Å²) in [5, 5.41) is 0. The molecular weight excluding hydrogens is 251 g/mol. The van der Waals surface area contributed by atoms with Crippen LogP contribution < -0.4 is 0 Å². The third kappa shape index (κ3) is 1.95. The zero-order valence-electron chi connectivity index (χ0n) is 7.08. The Morgan fingerprint density at radius 1 is 1.45 bits per heavy atom. The molecule has 0 saturated heterocycles. The van der Waals surface area contributed by atoms with Gasteiger partial charge in [-0.1, -0.05) is 22.6 Å². The van der Waals surface area contributed by atoms with Gasteiger partial charge in [-0.2, -0.15) is 0 Å². The van der Waals surface area contributed by atoms with Crippen LogP contribution in [-0.4, -0.2) is 9.55 Å². The van der Waals surface area contributed by atoms with E-state index in [4.69, 9.17) is 0 Å². The van der Waals surface area contributed by atoms with Gasteiger partial charge >= 0.3 is 0 Å². The van der Waals surface area contributed by atoms with Crippen LogP contribution in [-0.2, 0) is 0 Å². The fourth-order valence-corrected chi connectivity index (χ4v) is 1.55. The lowest BCUT2D eigenvalue weighted by Crippen LogP contribution is -2.05. The van der Waals surface area contributed by atoms with Crippen molar-refractivity contribution < 1.29 is 0 Å². The number of alkyl halides is 1. The summed E-state index contributed by atoms with van der Waals surface area (Å²) in [5.74, 6) is 1.17. The van der Waals surface area contributed by atoms with Crippen LogP contribution in [0.1, 0.15) is 36.6 Å². The molecule has 0 N–H and O–H groups in total. The lowest BCUT2D eigenvalue weighted by atomic mass is 10.3. The highest BCUT2D eigenvalue weighted by atomic mass is 127. The molecular formula is C8H13IN2. The van der Waals surface area contributed by atoms with E-state index in [9.17, 15) is 0 Å². The van der Waals surface area contributed by atoms with Crippen molar-refractivity contribution in [3.05, 3.63) is 18.2 Å². The van der Waals surface area contributed by atoms with Gasteiger partial charge in [-0.25, -0.2) is 4.98 Å². The van der Waals surface area contributed by atoms with Gasteiger partial charge < -0.3 is 4.57 Å². The fraction of sp³-hybridized carbons (Fsp3) is 0.625. The summed E-state index contributed by atoms with van der Waals surface area (Å²) in [4.78, 5) is 4.29. The van der Waals surface area contributed by atoms with Crippen molar-refractivity contribution in [3.63, 3.8) is 0 Å². The number of hydrogen-bond donors (Lipinski definition) is 0. The molecule has 0 bridgehead atoms. The quantitative estimate of drug-likeness (QED) is 0.593. The molecule has 2 nitrogen and oxygen atoms in total. The smallest absolute Gasteiger partial charge is 0.121 e. The fourth-order valence-electron chi connectivity index (χ4n) is 1.07. The summed E-state index contributed by atoms with van der Waals surface area (Å²) >= 11 is 2.38. The van der Waals surface area contributed by atoms with Crippen molar-refractivity contribution in [2.45, 2.75) is 30.7 Å². The molecule has 3 heteroatoms. The summed E-state index contributed by atoms with van der Waals surface area (Å²) in [6.45, 7) is 6.50. The number of halogens is 1. The van der Waals surface area contributed by atoms with Gasteiger partial charge in [0.05, 0.1) is 3.92 Å². The Labute approximate surface area is 81.2 Å². The third-order valence-corrected chi connectivity index (χ3v) is 2.17. The van der Waals surface area contributed by atoms with Gasteiger partial charge in [0.2, 0.25) is 0 Å². The number of aromatic nitrogens is 2. The van der Waals surface area contributed by atoms with Gasteiger partial charge in [0.15, 0.2) is 0 Å². The molecule has 1 atom stereocenters. The van der Waals surface area contributed by atoms with E-state index >= 15 is 0 Å². The minimum atomic E-state index is 0.491. The van der Waals surface area contributed by atoms with E-state index in [1.54, 1.807) is 0 Å². The molecule has 1 aromatic rings. The molecule has 1 aromatic heterocycles. The van der Waals surface area contributed by atoms with Gasteiger partial charge in [-0.15, -0.1) is 0 Å². The second-order valence-corrected chi connectivity index (χ2v) is 4.77. The van der Waals surface area contributed by atoms with Crippen LogP contribution in [0.3, 0.4) is 0 Å². The maximum Gasteiger partial charge on any atom is 0.121 e. The Hall–Kier alpha value is -0.0600. The Bertz CT molecular complexity index is 205. The molecule has 1 heterocycles. The summed E-state index contributed by atoms with van der Waals surface area (Å²) in [6.07, 6.45) is 3.90. The van der Waals surface area contributed by atoms with Crippen LogP contribution in [0.4, 0.5) is 0 Å². The zero-order chi connectivity index (χ0) is 8.43. The first-order valence-electron chi connectivity index (χ1n) is 3.79. The van der Waals surface area contributed by atoms with E-state index in [1.165, 1.54) is 5.82 Å². The Morgan fingerprint density at radius 2 is 2.09 bits per heavy atom. The minimum Gasteiger partial charge on any atom is -0.332 e. The second kappa shape index (κ2) is 3.56. The van der Waals surface area contributed by atoms with Gasteiger partial charge in [0.25, 0.3) is 0 Å². The van der Waals surface area contributed by atoms with Crippen LogP contribution in [0, 0.1) is 0 Å². The van der Waals surface area contributed by atoms with Crippen molar-refractivity contribution in [2.24, 2.45) is 0 Å². The molecule has 11 heavy (non-hydrogen) atoms.